The Morgan fingerprint density at radius 2 is 1.27 bits per heavy atom. The van der Waals surface area contributed by atoms with E-state index in [1.54, 1.807) is 0 Å². The standard InChI is InChI=1S/C23H24ClNO/c24-22-16-8-7-15-21(22)23(26-18-10-9-17-25,19-11-3-1-4-12-19)20-13-5-2-6-14-20/h1-8,11-16H,9-10,17-18,25H2. The first-order valence-electron chi connectivity index (χ1n) is 8.99. The highest BCUT2D eigenvalue weighted by Crippen LogP contribution is 2.43. The first-order valence-corrected chi connectivity index (χ1v) is 9.37. The third-order valence-corrected chi connectivity index (χ3v) is 4.86. The van der Waals surface area contributed by atoms with E-state index < -0.39 is 5.60 Å². The molecule has 0 aliphatic carbocycles. The summed E-state index contributed by atoms with van der Waals surface area (Å²) in [5.74, 6) is 0. The maximum absolute atomic E-state index is 6.65. The van der Waals surface area contributed by atoms with Gasteiger partial charge in [-0.15, -0.1) is 0 Å². The van der Waals surface area contributed by atoms with E-state index in [4.69, 9.17) is 22.1 Å². The second kappa shape index (κ2) is 9.00. The minimum atomic E-state index is -0.755. The monoisotopic (exact) mass is 365 g/mol. The van der Waals surface area contributed by atoms with E-state index in [0.717, 1.165) is 29.5 Å². The number of hydrogen-bond acceptors (Lipinski definition) is 2. The van der Waals surface area contributed by atoms with Gasteiger partial charge in [0.15, 0.2) is 0 Å². The predicted octanol–water partition coefficient (Wildman–Crippen LogP) is 5.39. The second-order valence-electron chi connectivity index (χ2n) is 6.24. The van der Waals surface area contributed by atoms with Crippen LogP contribution in [0.5, 0.6) is 0 Å². The molecule has 0 radical (unpaired) electrons. The van der Waals surface area contributed by atoms with Crippen LogP contribution in [0.15, 0.2) is 84.9 Å². The van der Waals surface area contributed by atoms with E-state index in [0.29, 0.717) is 18.2 Å². The maximum atomic E-state index is 6.65. The average molecular weight is 366 g/mol. The van der Waals surface area contributed by atoms with Crippen LogP contribution < -0.4 is 5.73 Å². The summed E-state index contributed by atoms with van der Waals surface area (Å²) in [5, 5.41) is 0.694. The summed E-state index contributed by atoms with van der Waals surface area (Å²) in [7, 11) is 0. The van der Waals surface area contributed by atoms with Crippen molar-refractivity contribution in [2.75, 3.05) is 13.2 Å². The van der Waals surface area contributed by atoms with Gasteiger partial charge in [-0.05, 0) is 36.6 Å². The van der Waals surface area contributed by atoms with Crippen molar-refractivity contribution in [3.05, 3.63) is 107 Å². The maximum Gasteiger partial charge on any atom is 0.145 e. The summed E-state index contributed by atoms with van der Waals surface area (Å²) in [4.78, 5) is 0. The molecular weight excluding hydrogens is 342 g/mol. The van der Waals surface area contributed by atoms with Crippen molar-refractivity contribution in [2.24, 2.45) is 5.73 Å². The van der Waals surface area contributed by atoms with E-state index in [2.05, 4.69) is 24.3 Å². The molecule has 3 heteroatoms. The number of halogens is 1. The molecule has 0 fully saturated rings. The lowest BCUT2D eigenvalue weighted by Crippen LogP contribution is -2.33. The van der Waals surface area contributed by atoms with Gasteiger partial charge in [-0.3, -0.25) is 0 Å². The van der Waals surface area contributed by atoms with Crippen LogP contribution in [0.2, 0.25) is 5.02 Å². The van der Waals surface area contributed by atoms with E-state index in [1.807, 2.05) is 60.7 Å². The van der Waals surface area contributed by atoms with Crippen molar-refractivity contribution in [2.45, 2.75) is 18.4 Å². The Labute approximate surface area is 160 Å². The molecule has 0 bridgehead atoms. The minimum Gasteiger partial charge on any atom is -0.361 e. The molecule has 0 unspecified atom stereocenters. The topological polar surface area (TPSA) is 35.2 Å². The van der Waals surface area contributed by atoms with Gasteiger partial charge in [0.25, 0.3) is 0 Å². The molecule has 3 rings (SSSR count). The van der Waals surface area contributed by atoms with E-state index in [-0.39, 0.29) is 0 Å². The van der Waals surface area contributed by atoms with Gasteiger partial charge in [0.1, 0.15) is 5.60 Å². The SMILES string of the molecule is NCCCCOC(c1ccccc1)(c1ccccc1)c1ccccc1Cl. The van der Waals surface area contributed by atoms with Crippen molar-refractivity contribution in [1.29, 1.82) is 0 Å². The third-order valence-electron chi connectivity index (χ3n) is 4.53. The Morgan fingerprint density at radius 1 is 0.731 bits per heavy atom. The van der Waals surface area contributed by atoms with Gasteiger partial charge in [0.2, 0.25) is 0 Å². The number of ether oxygens (including phenoxy) is 1. The van der Waals surface area contributed by atoms with Crippen molar-refractivity contribution in [3.63, 3.8) is 0 Å². The Balaban J connectivity index is 2.19. The highest BCUT2D eigenvalue weighted by Gasteiger charge is 2.38. The molecule has 0 atom stereocenters. The predicted molar refractivity (Wildman–Crippen MR) is 108 cm³/mol. The molecule has 2 N–H and O–H groups in total. The quantitative estimate of drug-likeness (QED) is 0.429. The summed E-state index contributed by atoms with van der Waals surface area (Å²) in [6.07, 6.45) is 1.84. The van der Waals surface area contributed by atoms with Gasteiger partial charge in [-0.2, -0.15) is 0 Å². The molecule has 0 saturated heterocycles. The van der Waals surface area contributed by atoms with Crippen LogP contribution in [0.1, 0.15) is 29.5 Å². The van der Waals surface area contributed by atoms with E-state index >= 15 is 0 Å². The van der Waals surface area contributed by atoms with Crippen molar-refractivity contribution < 1.29 is 4.74 Å². The van der Waals surface area contributed by atoms with Crippen molar-refractivity contribution in [3.8, 4) is 0 Å². The van der Waals surface area contributed by atoms with Gasteiger partial charge in [0.05, 0.1) is 0 Å². The zero-order valence-corrected chi connectivity index (χ0v) is 15.5. The number of hydrogen-bond donors (Lipinski definition) is 1. The molecule has 0 aliphatic rings. The van der Waals surface area contributed by atoms with E-state index in [1.165, 1.54) is 0 Å². The Hall–Kier alpha value is -2.13. The number of benzene rings is 3. The first kappa shape index (κ1) is 18.7. The normalized spacial score (nSPS) is 11.5. The van der Waals surface area contributed by atoms with Gasteiger partial charge in [-0.25, -0.2) is 0 Å². The van der Waals surface area contributed by atoms with Gasteiger partial charge in [0, 0.05) is 17.2 Å². The lowest BCUT2D eigenvalue weighted by Gasteiger charge is -2.36. The van der Waals surface area contributed by atoms with Crippen molar-refractivity contribution >= 4 is 11.6 Å². The average Bonchev–Trinajstić information content (AvgIpc) is 2.70. The molecule has 134 valence electrons. The molecular formula is C23H24ClNO. The molecule has 0 aliphatic heterocycles. The zero-order chi connectivity index (χ0) is 18.2. The summed E-state index contributed by atoms with van der Waals surface area (Å²) in [5.41, 5.74) is 7.98. The van der Waals surface area contributed by atoms with Gasteiger partial charge >= 0.3 is 0 Å². The number of unbranched alkanes of at least 4 members (excludes halogenated alkanes) is 1. The molecule has 0 aromatic heterocycles. The summed E-state index contributed by atoms with van der Waals surface area (Å²) >= 11 is 6.65. The fourth-order valence-electron chi connectivity index (χ4n) is 3.29. The third kappa shape index (κ3) is 3.83. The molecule has 0 amide bonds. The Kier molecular flexibility index (Phi) is 6.45. The van der Waals surface area contributed by atoms with Crippen LogP contribution in [0.25, 0.3) is 0 Å². The van der Waals surface area contributed by atoms with Crippen LogP contribution in [0, 0.1) is 0 Å². The van der Waals surface area contributed by atoms with Crippen LogP contribution in [-0.4, -0.2) is 13.2 Å². The largest absolute Gasteiger partial charge is 0.361 e. The van der Waals surface area contributed by atoms with Gasteiger partial charge < -0.3 is 10.5 Å². The fraction of sp³-hybridized carbons (Fsp3) is 0.217. The zero-order valence-electron chi connectivity index (χ0n) is 14.8. The van der Waals surface area contributed by atoms with E-state index in [9.17, 15) is 0 Å². The van der Waals surface area contributed by atoms with Crippen LogP contribution in [0.3, 0.4) is 0 Å². The number of rotatable bonds is 8. The smallest absolute Gasteiger partial charge is 0.145 e. The Morgan fingerprint density at radius 3 is 1.81 bits per heavy atom. The van der Waals surface area contributed by atoms with Crippen LogP contribution >= 0.6 is 11.6 Å². The number of nitrogens with two attached hydrogens (primary N) is 1. The summed E-state index contributed by atoms with van der Waals surface area (Å²) in [6.45, 7) is 1.27. The van der Waals surface area contributed by atoms with Crippen molar-refractivity contribution in [1.82, 2.24) is 0 Å². The molecule has 26 heavy (non-hydrogen) atoms. The highest BCUT2D eigenvalue weighted by atomic mass is 35.5. The highest BCUT2D eigenvalue weighted by molar-refractivity contribution is 6.31. The molecule has 0 spiro atoms. The summed E-state index contributed by atoms with van der Waals surface area (Å²) in [6, 6.07) is 28.5. The lowest BCUT2D eigenvalue weighted by atomic mass is 9.80. The second-order valence-corrected chi connectivity index (χ2v) is 6.64. The van der Waals surface area contributed by atoms with Crippen LogP contribution in [0.4, 0.5) is 0 Å². The van der Waals surface area contributed by atoms with Crippen LogP contribution in [-0.2, 0) is 10.3 Å². The Bertz CT molecular complexity index is 765. The molecule has 0 heterocycles. The van der Waals surface area contributed by atoms with Gasteiger partial charge in [-0.1, -0.05) is 90.5 Å². The lowest BCUT2D eigenvalue weighted by molar-refractivity contribution is 0.0111. The fourth-order valence-corrected chi connectivity index (χ4v) is 3.55. The first-order chi connectivity index (χ1) is 12.8. The molecule has 3 aromatic rings. The molecule has 3 aromatic carbocycles. The summed E-state index contributed by atoms with van der Waals surface area (Å²) < 4.78 is 6.63. The minimum absolute atomic E-state index is 0.603. The molecule has 0 saturated carbocycles. The molecule has 2 nitrogen and oxygen atoms in total.